The number of carboxylic acid groups (broad SMARTS) is 1. The van der Waals surface area contributed by atoms with Gasteiger partial charge in [-0.05, 0) is 6.42 Å². The zero-order valence-corrected chi connectivity index (χ0v) is 14.7. The van der Waals surface area contributed by atoms with Gasteiger partial charge in [0.25, 0.3) is 23.6 Å². The Morgan fingerprint density at radius 1 is 0.926 bits per heavy atom. The lowest BCUT2D eigenvalue weighted by molar-refractivity contribution is -0.171. The monoisotopic (exact) mass is 386 g/mol. The normalized spacial score (nSPS) is 16.2. The largest absolute Gasteiger partial charge is 0.481 e. The molecule has 11 nitrogen and oxygen atoms in total. The highest BCUT2D eigenvalue weighted by molar-refractivity contribution is 6.12. The summed E-state index contributed by atoms with van der Waals surface area (Å²) in [7, 11) is 0. The highest BCUT2D eigenvalue weighted by atomic mass is 16.5. The van der Waals surface area contributed by atoms with Crippen molar-refractivity contribution in [2.24, 2.45) is 0 Å². The minimum Gasteiger partial charge on any atom is -0.481 e. The van der Waals surface area contributed by atoms with E-state index in [1.54, 1.807) is 0 Å². The van der Waals surface area contributed by atoms with Crippen LogP contribution in [0.4, 0.5) is 0 Å². The maximum Gasteiger partial charge on any atom is 0.303 e. The topological polar surface area (TPSA) is 151 Å². The maximum atomic E-state index is 11.2. The molecule has 0 saturated carbocycles. The van der Waals surface area contributed by atoms with E-state index in [4.69, 9.17) is 19.8 Å². The molecule has 0 aromatic rings. The van der Waals surface area contributed by atoms with Crippen LogP contribution in [0.25, 0.3) is 0 Å². The number of carbonyl (C=O) groups is 5. The summed E-state index contributed by atoms with van der Waals surface area (Å²) in [6.07, 6.45) is 3.32. The van der Waals surface area contributed by atoms with Crippen LogP contribution >= 0.6 is 0 Å². The van der Waals surface area contributed by atoms with Crippen LogP contribution in [0.3, 0.4) is 0 Å². The molecule has 0 aromatic carbocycles. The van der Waals surface area contributed by atoms with E-state index in [1.165, 1.54) is 12.2 Å². The van der Waals surface area contributed by atoms with Crippen molar-refractivity contribution in [3.8, 4) is 0 Å². The molecule has 0 unspecified atom stereocenters. The van der Waals surface area contributed by atoms with E-state index in [1.807, 2.05) is 0 Å². The van der Waals surface area contributed by atoms with Crippen LogP contribution in [0.2, 0.25) is 0 Å². The molecule has 0 atom stereocenters. The Hall–Kier alpha value is -2.63. The highest BCUT2D eigenvalue weighted by Gasteiger charge is 2.26. The Morgan fingerprint density at radius 3 is 1.89 bits per heavy atom. The Balaban J connectivity index is 0.000000377. The zero-order valence-electron chi connectivity index (χ0n) is 14.7. The number of nitrogens with zero attached hydrogens (tertiary/aromatic N) is 2. The lowest BCUT2D eigenvalue weighted by Gasteiger charge is -2.13. The third kappa shape index (κ3) is 8.53. The zero-order chi connectivity index (χ0) is 20.2. The van der Waals surface area contributed by atoms with Crippen molar-refractivity contribution >= 4 is 29.6 Å². The summed E-state index contributed by atoms with van der Waals surface area (Å²) in [4.78, 5) is 54.1. The summed E-state index contributed by atoms with van der Waals surface area (Å²) >= 11 is 0. The molecule has 27 heavy (non-hydrogen) atoms. The average molecular weight is 386 g/mol. The highest BCUT2D eigenvalue weighted by Crippen LogP contribution is 2.07. The predicted octanol–water partition coefficient (Wildman–Crippen LogP) is -0.666. The average Bonchev–Trinajstić information content (AvgIpc) is 3.10. The lowest BCUT2D eigenvalue weighted by atomic mass is 10.3. The summed E-state index contributed by atoms with van der Waals surface area (Å²) in [5.74, 6) is -2.49. The Labute approximate surface area is 155 Å². The van der Waals surface area contributed by atoms with Crippen LogP contribution in [0.1, 0.15) is 25.7 Å². The molecule has 2 rings (SSSR count). The molecule has 1 fully saturated rings. The summed E-state index contributed by atoms with van der Waals surface area (Å²) < 4.78 is 10.4. The van der Waals surface area contributed by atoms with Gasteiger partial charge in [0.2, 0.25) is 0 Å². The molecule has 0 spiro atoms. The summed E-state index contributed by atoms with van der Waals surface area (Å²) in [5.41, 5.74) is 0. The number of ether oxygens (including phenoxy) is 2. The Kier molecular flexibility index (Phi) is 9.86. The molecular weight excluding hydrogens is 364 g/mol. The van der Waals surface area contributed by atoms with Crippen molar-refractivity contribution in [2.45, 2.75) is 25.7 Å². The van der Waals surface area contributed by atoms with Gasteiger partial charge in [-0.1, -0.05) is 0 Å². The van der Waals surface area contributed by atoms with Gasteiger partial charge in [0.05, 0.1) is 26.4 Å². The molecular formula is C16H22N2O9. The molecule has 150 valence electrons. The summed E-state index contributed by atoms with van der Waals surface area (Å²) in [6.45, 7) is 1.57. The van der Waals surface area contributed by atoms with Crippen molar-refractivity contribution in [1.82, 2.24) is 9.96 Å². The summed E-state index contributed by atoms with van der Waals surface area (Å²) in [6, 6.07) is 0. The molecule has 2 aliphatic rings. The number of imide groups is 2. The molecule has 11 heteroatoms. The van der Waals surface area contributed by atoms with Crippen molar-refractivity contribution < 1.29 is 43.8 Å². The van der Waals surface area contributed by atoms with Crippen LogP contribution < -0.4 is 0 Å². The number of rotatable bonds is 10. The minimum atomic E-state index is -0.839. The van der Waals surface area contributed by atoms with E-state index in [-0.39, 0.29) is 49.3 Å². The number of hydrogen-bond donors (Lipinski definition) is 2. The number of carboxylic acids is 1. The maximum absolute atomic E-state index is 11.2. The Morgan fingerprint density at radius 2 is 1.44 bits per heavy atom. The fourth-order valence-corrected chi connectivity index (χ4v) is 2.02. The van der Waals surface area contributed by atoms with Crippen molar-refractivity contribution in [3.63, 3.8) is 0 Å². The van der Waals surface area contributed by atoms with Gasteiger partial charge >= 0.3 is 5.97 Å². The first kappa shape index (κ1) is 22.4. The second kappa shape index (κ2) is 11.9. The predicted molar refractivity (Wildman–Crippen MR) is 87.2 cm³/mol. The van der Waals surface area contributed by atoms with E-state index in [9.17, 15) is 24.0 Å². The molecule has 0 aliphatic carbocycles. The standard InChI is InChI=1S/C12H17NO6.C4H5NO3/c14-10-3-4-11(15)13(10)5-7-19-9-8-18-6-1-2-12(16)17;6-3-1-2-4(7)5(3)8/h3-4H,1-2,5-9H2,(H,16,17);8H,1-2H2. The van der Waals surface area contributed by atoms with Crippen LogP contribution in [-0.2, 0) is 33.4 Å². The number of hydrogen-bond acceptors (Lipinski definition) is 8. The second-order valence-electron chi connectivity index (χ2n) is 5.48. The van der Waals surface area contributed by atoms with Gasteiger partial charge in [0.15, 0.2) is 0 Å². The first-order chi connectivity index (χ1) is 12.8. The molecule has 0 bridgehead atoms. The van der Waals surface area contributed by atoms with E-state index in [0.717, 1.165) is 4.90 Å². The fraction of sp³-hybridized carbons (Fsp3) is 0.562. The Bertz CT molecular complexity index is 569. The van der Waals surface area contributed by atoms with Gasteiger partial charge in [0.1, 0.15) is 0 Å². The van der Waals surface area contributed by atoms with Crippen LogP contribution in [0.5, 0.6) is 0 Å². The van der Waals surface area contributed by atoms with Gasteiger partial charge < -0.3 is 14.6 Å². The molecule has 2 aliphatic heterocycles. The smallest absolute Gasteiger partial charge is 0.303 e. The van der Waals surface area contributed by atoms with Gasteiger partial charge in [-0.15, -0.1) is 0 Å². The third-order valence-corrected chi connectivity index (χ3v) is 3.44. The van der Waals surface area contributed by atoms with Crippen molar-refractivity contribution in [2.75, 3.05) is 33.0 Å². The molecule has 0 radical (unpaired) electrons. The number of aliphatic carboxylic acids is 1. The van der Waals surface area contributed by atoms with Crippen LogP contribution in [-0.4, -0.2) is 82.8 Å². The fourth-order valence-electron chi connectivity index (χ4n) is 2.02. The van der Waals surface area contributed by atoms with Crippen molar-refractivity contribution in [3.05, 3.63) is 12.2 Å². The van der Waals surface area contributed by atoms with E-state index >= 15 is 0 Å². The molecule has 2 N–H and O–H groups in total. The SMILES string of the molecule is O=C(O)CCCOCCOCCN1C(=O)C=CC1=O.O=C1CCC(=O)N1O. The van der Waals surface area contributed by atoms with E-state index in [2.05, 4.69) is 0 Å². The van der Waals surface area contributed by atoms with Gasteiger partial charge in [-0.25, -0.2) is 0 Å². The molecule has 2 heterocycles. The number of hydroxylamine groups is 2. The number of amides is 4. The first-order valence-electron chi connectivity index (χ1n) is 8.28. The summed E-state index contributed by atoms with van der Waals surface area (Å²) in [5, 5.41) is 17.0. The molecule has 1 saturated heterocycles. The molecule has 4 amide bonds. The number of carbonyl (C=O) groups excluding carboxylic acids is 4. The second-order valence-corrected chi connectivity index (χ2v) is 5.48. The molecule has 0 aromatic heterocycles. The van der Waals surface area contributed by atoms with E-state index in [0.29, 0.717) is 26.2 Å². The van der Waals surface area contributed by atoms with E-state index < -0.39 is 17.8 Å². The van der Waals surface area contributed by atoms with Crippen molar-refractivity contribution in [1.29, 1.82) is 0 Å². The van der Waals surface area contributed by atoms with Crippen LogP contribution in [0, 0.1) is 0 Å². The third-order valence-electron chi connectivity index (χ3n) is 3.44. The quantitative estimate of drug-likeness (QED) is 0.283. The lowest BCUT2D eigenvalue weighted by Crippen LogP contribution is -2.33. The first-order valence-corrected chi connectivity index (χ1v) is 8.28. The minimum absolute atomic E-state index is 0.0903. The van der Waals surface area contributed by atoms with Crippen LogP contribution in [0.15, 0.2) is 12.2 Å². The van der Waals surface area contributed by atoms with Gasteiger partial charge in [0, 0.05) is 38.0 Å². The van der Waals surface area contributed by atoms with Gasteiger partial charge in [-0.2, -0.15) is 5.06 Å². The van der Waals surface area contributed by atoms with Gasteiger partial charge in [-0.3, -0.25) is 34.1 Å².